The number of carbonyl (C=O) groups excluding carboxylic acids is 3. The number of fused-ring (bicyclic) bond motifs is 2. The first-order valence-electron chi connectivity index (χ1n) is 18.9. The van der Waals surface area contributed by atoms with E-state index < -0.39 is 18.2 Å². The topological polar surface area (TPSA) is 131 Å². The van der Waals surface area contributed by atoms with Gasteiger partial charge in [-0.15, -0.1) is 0 Å². The van der Waals surface area contributed by atoms with Gasteiger partial charge in [0.1, 0.15) is 0 Å². The minimum atomic E-state index is -0.817. The van der Waals surface area contributed by atoms with Crippen molar-refractivity contribution in [1.82, 2.24) is 24.5 Å². The Balaban J connectivity index is 1.01. The van der Waals surface area contributed by atoms with Gasteiger partial charge < -0.3 is 34.9 Å². The molecule has 0 saturated carbocycles. The molecule has 3 N–H and O–H groups in total. The summed E-state index contributed by atoms with van der Waals surface area (Å²) >= 11 is 0. The number of rotatable bonds is 11. The van der Waals surface area contributed by atoms with Gasteiger partial charge in [-0.2, -0.15) is 0 Å². The van der Waals surface area contributed by atoms with Crippen molar-refractivity contribution in [3.8, 4) is 0 Å². The third-order valence-corrected chi connectivity index (χ3v) is 11.4. The Bertz CT molecular complexity index is 1800. The van der Waals surface area contributed by atoms with E-state index in [0.717, 1.165) is 44.7 Å². The largest absolute Gasteiger partial charge is 0.392 e. The molecular weight excluding hydrogens is 672 g/mol. The van der Waals surface area contributed by atoms with Gasteiger partial charge in [-0.3, -0.25) is 24.2 Å². The average molecular weight is 725 g/mol. The van der Waals surface area contributed by atoms with E-state index in [1.54, 1.807) is 9.80 Å². The standard InChI is InChI=1S/C41H52N6O6/c1-29(49)46-25-39(47(41(53)27-46)24-37(51)22-43-15-13-31-7-3-5-9-33(31)20-43)38-18-35(11-10-34(38)28-48)44-16-17-45(40(52)26-44)23-36(50)21-42-14-12-30-6-2-4-8-32(30)19-42/h2-11,18,36-37,39,48,50-51H,12-17,19-28H2,1H3. The molecule has 53 heavy (non-hydrogen) atoms. The van der Waals surface area contributed by atoms with Crippen LogP contribution in [0.25, 0.3) is 0 Å². The van der Waals surface area contributed by atoms with Gasteiger partial charge in [0.25, 0.3) is 0 Å². The van der Waals surface area contributed by atoms with Crippen LogP contribution in [-0.2, 0) is 46.9 Å². The van der Waals surface area contributed by atoms with Crippen molar-refractivity contribution in [3.63, 3.8) is 0 Å². The highest BCUT2D eigenvalue weighted by molar-refractivity contribution is 5.86. The molecule has 12 heteroatoms. The molecule has 7 rings (SSSR count). The van der Waals surface area contributed by atoms with Crippen LogP contribution in [0.5, 0.6) is 0 Å². The molecule has 3 aromatic rings. The summed E-state index contributed by atoms with van der Waals surface area (Å²) in [4.78, 5) is 51.0. The molecule has 12 nitrogen and oxygen atoms in total. The van der Waals surface area contributed by atoms with E-state index in [0.29, 0.717) is 37.3 Å². The van der Waals surface area contributed by atoms with Crippen LogP contribution in [-0.4, -0.2) is 142 Å². The lowest BCUT2D eigenvalue weighted by molar-refractivity contribution is -0.149. The maximum atomic E-state index is 13.7. The lowest BCUT2D eigenvalue weighted by atomic mass is 9.95. The predicted octanol–water partition coefficient (Wildman–Crippen LogP) is 1.40. The second kappa shape index (κ2) is 16.4. The molecule has 0 radical (unpaired) electrons. The summed E-state index contributed by atoms with van der Waals surface area (Å²) in [5, 5.41) is 32.8. The van der Waals surface area contributed by atoms with Crippen LogP contribution in [0.15, 0.2) is 66.7 Å². The number of hydrogen-bond acceptors (Lipinski definition) is 9. The molecule has 4 heterocycles. The second-order valence-electron chi connectivity index (χ2n) is 15.1. The molecule has 3 amide bonds. The van der Waals surface area contributed by atoms with Crippen molar-refractivity contribution in [2.24, 2.45) is 0 Å². The molecule has 0 bridgehead atoms. The summed E-state index contributed by atoms with van der Waals surface area (Å²) in [6.45, 7) is 6.96. The molecule has 2 saturated heterocycles. The number of aliphatic hydroxyl groups is 3. The van der Waals surface area contributed by atoms with E-state index in [4.69, 9.17) is 0 Å². The highest BCUT2D eigenvalue weighted by atomic mass is 16.3. The summed E-state index contributed by atoms with van der Waals surface area (Å²) < 4.78 is 0. The molecular formula is C41H52N6O6. The van der Waals surface area contributed by atoms with Crippen LogP contribution in [0.4, 0.5) is 5.69 Å². The van der Waals surface area contributed by atoms with E-state index in [1.807, 2.05) is 41.3 Å². The lowest BCUT2D eigenvalue weighted by Gasteiger charge is -2.43. The number of aliphatic hydroxyl groups excluding tert-OH is 3. The molecule has 0 aliphatic carbocycles. The Morgan fingerprint density at radius 3 is 1.91 bits per heavy atom. The van der Waals surface area contributed by atoms with Gasteiger partial charge in [0, 0.05) is 84.6 Å². The molecule has 0 aromatic heterocycles. The number of amides is 3. The fraction of sp³-hybridized carbons (Fsp3) is 0.488. The highest BCUT2D eigenvalue weighted by Crippen LogP contribution is 2.33. The first kappa shape index (κ1) is 37.0. The number of hydrogen-bond donors (Lipinski definition) is 3. The van der Waals surface area contributed by atoms with Crippen molar-refractivity contribution in [2.75, 3.05) is 76.9 Å². The summed E-state index contributed by atoms with van der Waals surface area (Å²) in [6.07, 6.45) is 0.375. The first-order valence-corrected chi connectivity index (χ1v) is 18.9. The zero-order valence-electron chi connectivity index (χ0n) is 30.6. The molecule has 2 fully saturated rings. The van der Waals surface area contributed by atoms with Crippen LogP contribution in [0.2, 0.25) is 0 Å². The second-order valence-corrected chi connectivity index (χ2v) is 15.1. The number of nitrogens with zero attached hydrogens (tertiary/aromatic N) is 6. The average Bonchev–Trinajstić information content (AvgIpc) is 3.16. The fourth-order valence-electron chi connectivity index (χ4n) is 8.50. The third kappa shape index (κ3) is 8.58. The molecule has 282 valence electrons. The SMILES string of the molecule is CC(=O)N1CC(=O)N(CC(O)CN2CCc3ccccc3C2)C(c2cc(N3CCN(CC(O)CN4CCc5ccccc5C4)C(=O)C3)ccc2CO)C1. The Morgan fingerprint density at radius 2 is 1.32 bits per heavy atom. The van der Waals surface area contributed by atoms with Crippen molar-refractivity contribution in [3.05, 3.63) is 100 Å². The van der Waals surface area contributed by atoms with E-state index >= 15 is 0 Å². The maximum Gasteiger partial charge on any atom is 0.242 e. The third-order valence-electron chi connectivity index (χ3n) is 11.4. The molecule has 3 unspecified atom stereocenters. The van der Waals surface area contributed by atoms with E-state index in [1.165, 1.54) is 34.1 Å². The maximum absolute atomic E-state index is 13.7. The van der Waals surface area contributed by atoms with E-state index in [9.17, 15) is 29.7 Å². The van der Waals surface area contributed by atoms with Gasteiger partial charge in [-0.25, -0.2) is 0 Å². The minimum Gasteiger partial charge on any atom is -0.392 e. The van der Waals surface area contributed by atoms with Crippen LogP contribution < -0.4 is 4.90 Å². The predicted molar refractivity (Wildman–Crippen MR) is 201 cm³/mol. The normalized spacial score (nSPS) is 21.0. The van der Waals surface area contributed by atoms with Gasteiger partial charge in [0.05, 0.1) is 37.9 Å². The number of β-amino-alcohol motifs (C(OH)–C–C–N with tert-alkyl or cyclic N) is 2. The Morgan fingerprint density at radius 1 is 0.717 bits per heavy atom. The Hall–Kier alpha value is -4.33. The van der Waals surface area contributed by atoms with E-state index in [-0.39, 0.29) is 57.1 Å². The van der Waals surface area contributed by atoms with Gasteiger partial charge in [0.15, 0.2) is 0 Å². The number of carbonyl (C=O) groups is 3. The van der Waals surface area contributed by atoms with Gasteiger partial charge in [-0.05, 0) is 58.4 Å². The zero-order valence-corrected chi connectivity index (χ0v) is 30.6. The van der Waals surface area contributed by atoms with Crippen LogP contribution in [0.1, 0.15) is 46.3 Å². The van der Waals surface area contributed by atoms with Gasteiger partial charge >= 0.3 is 0 Å². The van der Waals surface area contributed by atoms with Crippen LogP contribution in [0, 0.1) is 0 Å². The van der Waals surface area contributed by atoms with Crippen molar-refractivity contribution < 1.29 is 29.7 Å². The van der Waals surface area contributed by atoms with Crippen molar-refractivity contribution in [1.29, 1.82) is 0 Å². The quantitative estimate of drug-likeness (QED) is 0.269. The highest BCUT2D eigenvalue weighted by Gasteiger charge is 2.38. The van der Waals surface area contributed by atoms with Crippen molar-refractivity contribution >= 4 is 23.4 Å². The van der Waals surface area contributed by atoms with Crippen LogP contribution >= 0.6 is 0 Å². The molecule has 4 aliphatic rings. The number of anilines is 1. The molecule has 4 aliphatic heterocycles. The smallest absolute Gasteiger partial charge is 0.242 e. The summed E-state index contributed by atoms with van der Waals surface area (Å²) in [7, 11) is 0. The lowest BCUT2D eigenvalue weighted by Crippen LogP contribution is -2.56. The monoisotopic (exact) mass is 724 g/mol. The Labute approximate surface area is 311 Å². The molecule has 3 atom stereocenters. The zero-order chi connectivity index (χ0) is 37.1. The minimum absolute atomic E-state index is 0.0723. The van der Waals surface area contributed by atoms with E-state index in [2.05, 4.69) is 40.1 Å². The van der Waals surface area contributed by atoms with Crippen molar-refractivity contribution in [2.45, 2.75) is 57.7 Å². The Kier molecular flexibility index (Phi) is 11.4. The number of benzene rings is 3. The first-order chi connectivity index (χ1) is 25.6. The summed E-state index contributed by atoms with van der Waals surface area (Å²) in [6, 6.07) is 21.8. The number of piperazine rings is 2. The summed E-state index contributed by atoms with van der Waals surface area (Å²) in [5.74, 6) is -0.552. The summed E-state index contributed by atoms with van der Waals surface area (Å²) in [5.41, 5.74) is 7.31. The van der Waals surface area contributed by atoms with Gasteiger partial charge in [-0.1, -0.05) is 54.6 Å². The fourth-order valence-corrected chi connectivity index (χ4v) is 8.50. The molecule has 0 spiro atoms. The van der Waals surface area contributed by atoms with Crippen LogP contribution in [0.3, 0.4) is 0 Å². The molecule has 3 aromatic carbocycles. The van der Waals surface area contributed by atoms with Gasteiger partial charge in [0.2, 0.25) is 17.7 Å².